The number of likely N-dealkylation sites (tertiary alicyclic amines) is 1. The van der Waals surface area contributed by atoms with Gasteiger partial charge in [-0.25, -0.2) is 4.39 Å². The van der Waals surface area contributed by atoms with Crippen LogP contribution in [0.25, 0.3) is 6.08 Å². The molecule has 0 spiro atoms. The second kappa shape index (κ2) is 12.4. The van der Waals surface area contributed by atoms with Gasteiger partial charge in [-0.15, -0.1) is 0 Å². The second-order valence-electron chi connectivity index (χ2n) is 8.46. The van der Waals surface area contributed by atoms with Gasteiger partial charge in [-0.1, -0.05) is 0 Å². The van der Waals surface area contributed by atoms with Crippen molar-refractivity contribution in [3.05, 3.63) is 57.2 Å². The fourth-order valence-corrected chi connectivity index (χ4v) is 5.34. The molecule has 2 aromatic carbocycles. The van der Waals surface area contributed by atoms with Crippen molar-refractivity contribution in [2.45, 2.75) is 19.8 Å². The number of thioether (sulfide) groups is 1. The number of carbonyl (C=O) groups excluding carboxylic acids is 4. The largest absolute Gasteiger partial charge is 0.490 e. The van der Waals surface area contributed by atoms with Crippen LogP contribution in [0.4, 0.5) is 14.9 Å². The fraction of sp³-hybridized carbons (Fsp3) is 0.308. The Morgan fingerprint density at radius 2 is 1.84 bits per heavy atom. The number of rotatable bonds is 9. The maximum Gasteiger partial charge on any atom is 0.294 e. The van der Waals surface area contributed by atoms with Crippen molar-refractivity contribution in [3.63, 3.8) is 0 Å². The van der Waals surface area contributed by atoms with Crippen molar-refractivity contribution in [2.24, 2.45) is 0 Å². The molecule has 0 aliphatic carbocycles. The first-order chi connectivity index (χ1) is 18.2. The Hall–Kier alpha value is -3.38. The van der Waals surface area contributed by atoms with E-state index >= 15 is 0 Å². The Morgan fingerprint density at radius 3 is 2.53 bits per heavy atom. The van der Waals surface area contributed by atoms with Gasteiger partial charge in [-0.05, 0) is 95.5 Å². The zero-order valence-electron chi connectivity index (χ0n) is 20.5. The van der Waals surface area contributed by atoms with E-state index in [1.807, 2.05) is 0 Å². The van der Waals surface area contributed by atoms with Crippen molar-refractivity contribution in [2.75, 3.05) is 38.2 Å². The highest BCUT2D eigenvalue weighted by Crippen LogP contribution is 2.39. The molecule has 4 amide bonds. The summed E-state index contributed by atoms with van der Waals surface area (Å²) < 4.78 is 24.9. The number of hydrogen-bond acceptors (Lipinski definition) is 7. The van der Waals surface area contributed by atoms with E-state index in [-0.39, 0.29) is 29.7 Å². The zero-order valence-corrected chi connectivity index (χ0v) is 22.9. The minimum absolute atomic E-state index is 0.186. The molecule has 2 fully saturated rings. The summed E-state index contributed by atoms with van der Waals surface area (Å²) in [6.45, 7) is 2.77. The third-order valence-electron chi connectivity index (χ3n) is 5.73. The van der Waals surface area contributed by atoms with Crippen LogP contribution in [-0.4, -0.2) is 65.6 Å². The lowest BCUT2D eigenvalue weighted by Crippen LogP contribution is -2.40. The fourth-order valence-electron chi connectivity index (χ4n) is 3.93. The molecule has 2 aliphatic heterocycles. The number of carbonyl (C=O) groups is 4. The first-order valence-corrected chi connectivity index (χ1v) is 13.5. The number of nitrogens with zero attached hydrogens (tertiary/aromatic N) is 2. The summed E-state index contributed by atoms with van der Waals surface area (Å²) in [5, 5.41) is 2.12. The van der Waals surface area contributed by atoms with Crippen LogP contribution in [0, 0.1) is 5.82 Å². The smallest absolute Gasteiger partial charge is 0.294 e. The Morgan fingerprint density at radius 1 is 1.13 bits per heavy atom. The van der Waals surface area contributed by atoms with Gasteiger partial charge in [0, 0.05) is 18.8 Å². The molecule has 0 bridgehead atoms. The van der Waals surface area contributed by atoms with E-state index in [0.717, 1.165) is 29.5 Å². The quantitative estimate of drug-likeness (QED) is 0.414. The Labute approximate surface area is 231 Å². The zero-order chi connectivity index (χ0) is 27.2. The van der Waals surface area contributed by atoms with Crippen molar-refractivity contribution in [3.8, 4) is 11.5 Å². The third kappa shape index (κ3) is 6.73. The molecule has 9 nitrogen and oxygen atoms in total. The number of amides is 4. The number of nitrogens with one attached hydrogen (secondary N) is 1. The lowest BCUT2D eigenvalue weighted by atomic mass is 10.2. The lowest BCUT2D eigenvalue weighted by Gasteiger charge is -2.18. The average Bonchev–Trinajstić information content (AvgIpc) is 3.50. The van der Waals surface area contributed by atoms with Crippen molar-refractivity contribution in [1.29, 1.82) is 0 Å². The van der Waals surface area contributed by atoms with Crippen LogP contribution >= 0.6 is 27.7 Å². The van der Waals surface area contributed by atoms with E-state index in [1.165, 1.54) is 24.3 Å². The summed E-state index contributed by atoms with van der Waals surface area (Å²) in [6.07, 6.45) is 3.38. The molecule has 2 aromatic rings. The molecule has 2 heterocycles. The van der Waals surface area contributed by atoms with Gasteiger partial charge in [0.25, 0.3) is 17.1 Å². The van der Waals surface area contributed by atoms with Gasteiger partial charge in [-0.3, -0.25) is 24.1 Å². The normalized spacial score (nSPS) is 16.3. The van der Waals surface area contributed by atoms with Crippen molar-refractivity contribution in [1.82, 2.24) is 9.80 Å². The highest BCUT2D eigenvalue weighted by molar-refractivity contribution is 9.10. The van der Waals surface area contributed by atoms with Crippen LogP contribution in [0.1, 0.15) is 25.3 Å². The minimum atomic E-state index is -0.528. The Kier molecular flexibility index (Phi) is 9.05. The van der Waals surface area contributed by atoms with Crippen LogP contribution in [0.5, 0.6) is 11.5 Å². The van der Waals surface area contributed by atoms with Gasteiger partial charge in [0.2, 0.25) is 5.91 Å². The van der Waals surface area contributed by atoms with E-state index in [1.54, 1.807) is 30.0 Å². The first-order valence-electron chi connectivity index (χ1n) is 11.9. The van der Waals surface area contributed by atoms with Crippen LogP contribution in [0.2, 0.25) is 0 Å². The molecule has 0 radical (unpaired) electrons. The van der Waals surface area contributed by atoms with E-state index in [9.17, 15) is 23.6 Å². The summed E-state index contributed by atoms with van der Waals surface area (Å²) in [7, 11) is 0. The topological polar surface area (TPSA) is 105 Å². The molecule has 12 heteroatoms. The van der Waals surface area contributed by atoms with Gasteiger partial charge in [-0.2, -0.15) is 0 Å². The molecular weight excluding hydrogens is 581 g/mol. The molecule has 0 atom stereocenters. The highest BCUT2D eigenvalue weighted by atomic mass is 79.9. The number of imide groups is 1. The summed E-state index contributed by atoms with van der Waals surface area (Å²) in [4.78, 5) is 52.9. The van der Waals surface area contributed by atoms with E-state index in [2.05, 4.69) is 21.2 Å². The molecule has 2 aliphatic rings. The summed E-state index contributed by atoms with van der Waals surface area (Å²) >= 11 is 4.20. The van der Waals surface area contributed by atoms with Crippen LogP contribution in [0.3, 0.4) is 0 Å². The van der Waals surface area contributed by atoms with Gasteiger partial charge < -0.3 is 19.7 Å². The number of hydrogen-bond donors (Lipinski definition) is 1. The van der Waals surface area contributed by atoms with Gasteiger partial charge in [0.1, 0.15) is 12.4 Å². The molecule has 2 saturated heterocycles. The second-order valence-corrected chi connectivity index (χ2v) is 10.3. The summed E-state index contributed by atoms with van der Waals surface area (Å²) in [5.41, 5.74) is 0.982. The standard InChI is InChI=1S/C26H25BrFN3O6S/c1-2-36-20-12-16(11-19(27)24(20)37-15-22(32)29-18-7-5-17(28)6-8-18)13-21-25(34)31(26(35)38-21)14-23(33)30-9-3-4-10-30/h5-8,11-13H,2-4,9-10,14-15H2,1H3,(H,29,32)/b21-13+. The Balaban J connectivity index is 1.45. The monoisotopic (exact) mass is 605 g/mol. The number of benzene rings is 2. The summed E-state index contributed by atoms with van der Waals surface area (Å²) in [6, 6.07) is 8.64. The highest BCUT2D eigenvalue weighted by Gasteiger charge is 2.37. The van der Waals surface area contributed by atoms with Crippen LogP contribution < -0.4 is 14.8 Å². The predicted molar refractivity (Wildman–Crippen MR) is 144 cm³/mol. The number of anilines is 1. The van der Waals surface area contributed by atoms with Gasteiger partial charge in [0.05, 0.1) is 16.0 Å². The molecule has 0 unspecified atom stereocenters. The van der Waals surface area contributed by atoms with E-state index in [4.69, 9.17) is 9.47 Å². The van der Waals surface area contributed by atoms with Crippen molar-refractivity contribution < 1.29 is 33.0 Å². The molecule has 200 valence electrons. The first kappa shape index (κ1) is 27.6. The number of halogens is 2. The van der Waals surface area contributed by atoms with Crippen molar-refractivity contribution >= 4 is 62.4 Å². The molecule has 4 rings (SSSR count). The minimum Gasteiger partial charge on any atom is -0.490 e. The van der Waals surface area contributed by atoms with E-state index in [0.29, 0.717) is 41.2 Å². The summed E-state index contributed by atoms with van der Waals surface area (Å²) in [5.74, 6) is -1.03. The van der Waals surface area contributed by atoms with Crippen LogP contribution in [0.15, 0.2) is 45.8 Å². The van der Waals surface area contributed by atoms with E-state index < -0.39 is 22.9 Å². The number of ether oxygens (including phenoxy) is 2. The molecule has 1 N–H and O–H groups in total. The molecule has 0 aromatic heterocycles. The predicted octanol–water partition coefficient (Wildman–Crippen LogP) is 4.66. The van der Waals surface area contributed by atoms with Gasteiger partial charge in [0.15, 0.2) is 18.1 Å². The SMILES string of the molecule is CCOc1cc(/C=C2/SC(=O)N(CC(=O)N3CCCC3)C2=O)cc(Br)c1OCC(=O)Nc1ccc(F)cc1. The maximum absolute atomic E-state index is 13.1. The lowest BCUT2D eigenvalue weighted by molar-refractivity contribution is -0.135. The van der Waals surface area contributed by atoms with Gasteiger partial charge >= 0.3 is 0 Å². The Bertz CT molecular complexity index is 1280. The molecular formula is C26H25BrFN3O6S. The average molecular weight is 606 g/mol. The molecule has 38 heavy (non-hydrogen) atoms. The maximum atomic E-state index is 13.1. The van der Waals surface area contributed by atoms with Crippen LogP contribution in [-0.2, 0) is 14.4 Å². The third-order valence-corrected chi connectivity index (χ3v) is 7.23. The molecule has 0 saturated carbocycles.